The number of hydrogen-bond donors (Lipinski definition) is 1. The maximum Gasteiger partial charge on any atom is 0.168 e. The van der Waals surface area contributed by atoms with E-state index in [-0.39, 0.29) is 6.04 Å². The van der Waals surface area contributed by atoms with Gasteiger partial charge in [-0.15, -0.1) is 5.10 Å². The van der Waals surface area contributed by atoms with Crippen LogP contribution in [-0.2, 0) is 0 Å². The van der Waals surface area contributed by atoms with Crippen molar-refractivity contribution in [2.24, 2.45) is 11.8 Å². The van der Waals surface area contributed by atoms with E-state index in [2.05, 4.69) is 53.2 Å². The Morgan fingerprint density at radius 2 is 2.16 bits per heavy atom. The number of tetrazole rings is 1. The number of rotatable bonds is 5. The largest absolute Gasteiger partial charge is 0.307 e. The highest BCUT2D eigenvalue weighted by Crippen LogP contribution is 2.37. The number of nitrogens with one attached hydrogen (secondary N) is 1. The summed E-state index contributed by atoms with van der Waals surface area (Å²) in [7, 11) is 0. The molecule has 1 aromatic heterocycles. The molecule has 108 valence electrons. The van der Waals surface area contributed by atoms with Crippen molar-refractivity contribution in [2.75, 3.05) is 6.54 Å². The molecule has 1 heterocycles. The lowest BCUT2D eigenvalue weighted by Crippen LogP contribution is -2.30. The summed E-state index contributed by atoms with van der Waals surface area (Å²) in [5, 5.41) is 15.9. The van der Waals surface area contributed by atoms with Gasteiger partial charge in [-0.25, -0.2) is 4.68 Å². The van der Waals surface area contributed by atoms with Crippen molar-refractivity contribution in [3.05, 3.63) is 5.82 Å². The van der Waals surface area contributed by atoms with Crippen LogP contribution in [0.15, 0.2) is 0 Å². The van der Waals surface area contributed by atoms with Crippen LogP contribution in [0.1, 0.15) is 71.3 Å². The zero-order valence-corrected chi connectivity index (χ0v) is 12.6. The highest BCUT2D eigenvalue weighted by atomic mass is 15.6. The van der Waals surface area contributed by atoms with Crippen molar-refractivity contribution in [3.8, 4) is 0 Å². The van der Waals surface area contributed by atoms with E-state index in [9.17, 15) is 0 Å². The quantitative estimate of drug-likeness (QED) is 0.889. The van der Waals surface area contributed by atoms with Crippen molar-refractivity contribution in [1.29, 1.82) is 0 Å². The summed E-state index contributed by atoms with van der Waals surface area (Å²) in [6, 6.07) is 0.688. The van der Waals surface area contributed by atoms with Crippen LogP contribution in [0.4, 0.5) is 0 Å². The summed E-state index contributed by atoms with van der Waals surface area (Å²) < 4.78 is 2.07. The molecule has 5 heteroatoms. The van der Waals surface area contributed by atoms with Gasteiger partial charge in [-0.1, -0.05) is 20.8 Å². The van der Waals surface area contributed by atoms with E-state index in [1.807, 2.05) is 0 Å². The molecule has 1 fully saturated rings. The van der Waals surface area contributed by atoms with E-state index >= 15 is 0 Å². The van der Waals surface area contributed by atoms with Crippen LogP contribution >= 0.6 is 0 Å². The third-order valence-corrected chi connectivity index (χ3v) is 4.31. The van der Waals surface area contributed by atoms with Gasteiger partial charge in [-0.3, -0.25) is 0 Å². The van der Waals surface area contributed by atoms with E-state index in [1.54, 1.807) is 0 Å². The second-order valence-electron chi connectivity index (χ2n) is 6.12. The van der Waals surface area contributed by atoms with Crippen LogP contribution in [0.3, 0.4) is 0 Å². The molecule has 2 rings (SSSR count). The van der Waals surface area contributed by atoms with E-state index in [1.165, 1.54) is 19.3 Å². The van der Waals surface area contributed by atoms with E-state index < -0.39 is 0 Å². The Bertz CT molecular complexity index is 389. The Morgan fingerprint density at radius 3 is 2.84 bits per heavy atom. The Hall–Kier alpha value is -0.970. The summed E-state index contributed by atoms with van der Waals surface area (Å²) in [6.07, 6.45) is 4.88. The van der Waals surface area contributed by atoms with Crippen molar-refractivity contribution in [2.45, 2.75) is 65.5 Å². The molecule has 19 heavy (non-hydrogen) atoms. The fraction of sp³-hybridized carbons (Fsp3) is 0.929. The highest BCUT2D eigenvalue weighted by Gasteiger charge is 2.30. The van der Waals surface area contributed by atoms with Crippen LogP contribution < -0.4 is 5.32 Å². The molecule has 0 aliphatic heterocycles. The maximum absolute atomic E-state index is 4.26. The average molecular weight is 265 g/mol. The molecule has 1 saturated carbocycles. The summed E-state index contributed by atoms with van der Waals surface area (Å²) in [5.74, 6) is 2.48. The molecule has 0 amide bonds. The van der Waals surface area contributed by atoms with Crippen molar-refractivity contribution >= 4 is 0 Å². The van der Waals surface area contributed by atoms with Crippen LogP contribution in [0.2, 0.25) is 0 Å². The molecule has 1 aliphatic rings. The van der Waals surface area contributed by atoms with Crippen molar-refractivity contribution in [1.82, 2.24) is 25.5 Å². The highest BCUT2D eigenvalue weighted by molar-refractivity contribution is 4.94. The normalized spacial score (nSPS) is 29.4. The molecule has 5 nitrogen and oxygen atoms in total. The smallest absolute Gasteiger partial charge is 0.168 e. The predicted molar refractivity (Wildman–Crippen MR) is 75.7 cm³/mol. The molecule has 1 aromatic rings. The van der Waals surface area contributed by atoms with Crippen LogP contribution in [0.5, 0.6) is 0 Å². The average Bonchev–Trinajstić information content (AvgIpc) is 2.85. The van der Waals surface area contributed by atoms with Crippen LogP contribution in [0, 0.1) is 11.8 Å². The monoisotopic (exact) mass is 265 g/mol. The Kier molecular flexibility index (Phi) is 4.91. The third-order valence-electron chi connectivity index (χ3n) is 4.31. The van der Waals surface area contributed by atoms with E-state index in [0.717, 1.165) is 24.7 Å². The standard InChI is InChI=1S/C14H27N5/c1-5-8-15-12(4)14-16-17-18-19(14)13-7-6-10(2)9-11(13)3/h10-13,15H,5-9H2,1-4H3. The molecule has 4 atom stereocenters. The van der Waals surface area contributed by atoms with Gasteiger partial charge in [0.05, 0.1) is 12.1 Å². The van der Waals surface area contributed by atoms with Gasteiger partial charge >= 0.3 is 0 Å². The molecular formula is C14H27N5. The lowest BCUT2D eigenvalue weighted by Gasteiger charge is -2.33. The number of nitrogens with zero attached hydrogens (tertiary/aromatic N) is 4. The maximum atomic E-state index is 4.26. The first kappa shape index (κ1) is 14.4. The third kappa shape index (κ3) is 3.32. The first-order valence-corrected chi connectivity index (χ1v) is 7.64. The van der Waals surface area contributed by atoms with E-state index in [0.29, 0.717) is 12.0 Å². The lowest BCUT2D eigenvalue weighted by molar-refractivity contribution is 0.187. The molecule has 0 aromatic carbocycles. The van der Waals surface area contributed by atoms with Crippen molar-refractivity contribution < 1.29 is 0 Å². The fourth-order valence-corrected chi connectivity index (χ4v) is 3.19. The Morgan fingerprint density at radius 1 is 1.37 bits per heavy atom. The molecule has 0 spiro atoms. The van der Waals surface area contributed by atoms with Gasteiger partial charge in [0, 0.05) is 0 Å². The predicted octanol–water partition coefficient (Wildman–Crippen LogP) is 2.73. The minimum atomic E-state index is 0.224. The molecule has 4 unspecified atom stereocenters. The molecule has 0 radical (unpaired) electrons. The van der Waals surface area contributed by atoms with Gasteiger partial charge in [-0.05, 0) is 61.4 Å². The second kappa shape index (κ2) is 6.46. The minimum Gasteiger partial charge on any atom is -0.307 e. The van der Waals surface area contributed by atoms with Gasteiger partial charge in [0.2, 0.25) is 0 Å². The SMILES string of the molecule is CCCNC(C)c1nnnn1C1CCC(C)CC1C. The lowest BCUT2D eigenvalue weighted by atomic mass is 9.80. The molecule has 0 bridgehead atoms. The van der Waals surface area contributed by atoms with Gasteiger partial charge in [0.25, 0.3) is 0 Å². The van der Waals surface area contributed by atoms with Crippen LogP contribution in [-0.4, -0.2) is 26.8 Å². The first-order valence-electron chi connectivity index (χ1n) is 7.64. The Labute approximate surface area is 116 Å². The molecular weight excluding hydrogens is 238 g/mol. The van der Waals surface area contributed by atoms with Gasteiger partial charge < -0.3 is 5.32 Å². The second-order valence-corrected chi connectivity index (χ2v) is 6.12. The fourth-order valence-electron chi connectivity index (χ4n) is 3.19. The summed E-state index contributed by atoms with van der Waals surface area (Å²) in [6.45, 7) is 10.0. The molecule has 0 saturated heterocycles. The zero-order valence-electron chi connectivity index (χ0n) is 12.6. The first-order chi connectivity index (χ1) is 9.13. The summed E-state index contributed by atoms with van der Waals surface area (Å²) >= 11 is 0. The molecule has 1 N–H and O–H groups in total. The minimum absolute atomic E-state index is 0.224. The van der Waals surface area contributed by atoms with Gasteiger partial charge in [0.15, 0.2) is 5.82 Å². The van der Waals surface area contributed by atoms with Gasteiger partial charge in [0.1, 0.15) is 0 Å². The summed E-state index contributed by atoms with van der Waals surface area (Å²) in [4.78, 5) is 0. The molecule has 1 aliphatic carbocycles. The van der Waals surface area contributed by atoms with Crippen molar-refractivity contribution in [3.63, 3.8) is 0 Å². The zero-order chi connectivity index (χ0) is 13.8. The number of aromatic nitrogens is 4. The topological polar surface area (TPSA) is 55.6 Å². The van der Waals surface area contributed by atoms with Gasteiger partial charge in [-0.2, -0.15) is 0 Å². The Balaban J connectivity index is 2.10. The number of hydrogen-bond acceptors (Lipinski definition) is 4. The summed E-state index contributed by atoms with van der Waals surface area (Å²) in [5.41, 5.74) is 0. The van der Waals surface area contributed by atoms with Crippen LogP contribution in [0.25, 0.3) is 0 Å². The van der Waals surface area contributed by atoms with E-state index in [4.69, 9.17) is 0 Å².